The Bertz CT molecular complexity index is 839. The Kier molecular flexibility index (Phi) is 3.91. The van der Waals surface area contributed by atoms with Crippen LogP contribution in [-0.4, -0.2) is 18.6 Å². The first-order valence-corrected chi connectivity index (χ1v) is 7.83. The lowest BCUT2D eigenvalue weighted by Gasteiger charge is -2.42. The Hall–Kier alpha value is -2.62. The number of nitrogens with zero attached hydrogens (tertiary/aromatic N) is 1. The van der Waals surface area contributed by atoms with Crippen molar-refractivity contribution in [3.05, 3.63) is 65.5 Å². The quantitative estimate of drug-likeness (QED) is 0.802. The molecule has 3 rings (SSSR count). The number of carbonyl (C=O) groups is 1. The van der Waals surface area contributed by atoms with Crippen LogP contribution in [0.5, 0.6) is 5.75 Å². The average molecular weight is 325 g/mol. The van der Waals surface area contributed by atoms with Crippen LogP contribution in [0.25, 0.3) is 5.57 Å². The summed E-state index contributed by atoms with van der Waals surface area (Å²) in [5, 5.41) is 0. The van der Waals surface area contributed by atoms with E-state index in [9.17, 15) is 9.18 Å². The third kappa shape index (κ3) is 2.48. The fourth-order valence-electron chi connectivity index (χ4n) is 3.31. The zero-order valence-corrected chi connectivity index (χ0v) is 14.3. The molecule has 0 spiro atoms. The van der Waals surface area contributed by atoms with Crippen molar-refractivity contribution in [1.82, 2.24) is 0 Å². The summed E-state index contributed by atoms with van der Waals surface area (Å²) in [7, 11) is 1.57. The van der Waals surface area contributed by atoms with Crippen molar-refractivity contribution >= 4 is 17.2 Å². The smallest absolute Gasteiger partial charge is 0.262 e. The van der Waals surface area contributed by atoms with Gasteiger partial charge in [-0.15, -0.1) is 0 Å². The van der Waals surface area contributed by atoms with Gasteiger partial charge in [-0.2, -0.15) is 0 Å². The number of hydrogen-bond acceptors (Lipinski definition) is 2. The van der Waals surface area contributed by atoms with Gasteiger partial charge in [0.15, 0.2) is 0 Å². The molecule has 1 heterocycles. The molecule has 1 aliphatic heterocycles. The van der Waals surface area contributed by atoms with E-state index in [4.69, 9.17) is 4.74 Å². The second-order valence-corrected chi connectivity index (χ2v) is 6.46. The van der Waals surface area contributed by atoms with Gasteiger partial charge >= 0.3 is 0 Å². The van der Waals surface area contributed by atoms with E-state index in [1.54, 1.807) is 24.1 Å². The molecule has 0 aliphatic carbocycles. The molecule has 1 amide bonds. The van der Waals surface area contributed by atoms with Crippen molar-refractivity contribution in [2.24, 2.45) is 0 Å². The molecular formula is C20H20FNO2. The molecule has 0 saturated heterocycles. The van der Waals surface area contributed by atoms with Crippen LogP contribution in [0.3, 0.4) is 0 Å². The van der Waals surface area contributed by atoms with Crippen LogP contribution < -0.4 is 9.64 Å². The number of benzene rings is 2. The second-order valence-electron chi connectivity index (χ2n) is 6.46. The maximum atomic E-state index is 14.2. The molecule has 0 saturated carbocycles. The van der Waals surface area contributed by atoms with Crippen LogP contribution in [0.4, 0.5) is 10.1 Å². The maximum Gasteiger partial charge on any atom is 0.262 e. The number of anilines is 1. The lowest BCUT2D eigenvalue weighted by atomic mass is 9.87. The molecule has 24 heavy (non-hydrogen) atoms. The van der Waals surface area contributed by atoms with Gasteiger partial charge in [0.25, 0.3) is 5.91 Å². The Morgan fingerprint density at radius 3 is 2.50 bits per heavy atom. The van der Waals surface area contributed by atoms with E-state index in [2.05, 4.69) is 0 Å². The van der Waals surface area contributed by atoms with Crippen molar-refractivity contribution in [3.63, 3.8) is 0 Å². The van der Waals surface area contributed by atoms with Crippen molar-refractivity contribution in [1.29, 1.82) is 0 Å². The Morgan fingerprint density at radius 1 is 1.12 bits per heavy atom. The first-order valence-electron chi connectivity index (χ1n) is 7.83. The monoisotopic (exact) mass is 325 g/mol. The van der Waals surface area contributed by atoms with E-state index in [1.807, 2.05) is 45.0 Å². The highest BCUT2D eigenvalue weighted by atomic mass is 19.1. The van der Waals surface area contributed by atoms with Crippen LogP contribution in [0.1, 0.15) is 36.7 Å². The summed E-state index contributed by atoms with van der Waals surface area (Å²) >= 11 is 0. The zero-order valence-electron chi connectivity index (χ0n) is 14.3. The summed E-state index contributed by atoms with van der Waals surface area (Å²) in [6.07, 6.45) is 2.02. The summed E-state index contributed by atoms with van der Waals surface area (Å²) in [5.74, 6) is -0.314. The predicted octanol–water partition coefficient (Wildman–Crippen LogP) is 4.68. The van der Waals surface area contributed by atoms with Gasteiger partial charge in [0.05, 0.1) is 23.9 Å². The van der Waals surface area contributed by atoms with Gasteiger partial charge in [-0.25, -0.2) is 4.39 Å². The van der Waals surface area contributed by atoms with Crippen LogP contribution in [0.15, 0.2) is 48.5 Å². The SMILES string of the molecule is COc1cccc2c1N(C(=O)c1ccccc1F)C(C)(C)C=C2C. The lowest BCUT2D eigenvalue weighted by molar-refractivity contribution is 0.0965. The summed E-state index contributed by atoms with van der Waals surface area (Å²) in [5.41, 5.74) is 2.10. The van der Waals surface area contributed by atoms with E-state index in [0.29, 0.717) is 11.4 Å². The maximum absolute atomic E-state index is 14.2. The Morgan fingerprint density at radius 2 is 1.83 bits per heavy atom. The molecule has 4 heteroatoms. The van der Waals surface area contributed by atoms with E-state index in [1.165, 1.54) is 12.1 Å². The number of fused-ring (bicyclic) bond motifs is 1. The van der Waals surface area contributed by atoms with Crippen LogP contribution in [0, 0.1) is 5.82 Å². The van der Waals surface area contributed by atoms with Crippen molar-refractivity contribution in [2.75, 3.05) is 12.0 Å². The highest BCUT2D eigenvalue weighted by Crippen LogP contribution is 2.45. The van der Waals surface area contributed by atoms with Crippen molar-refractivity contribution in [2.45, 2.75) is 26.3 Å². The Labute approximate surface area is 141 Å². The van der Waals surface area contributed by atoms with Gasteiger partial charge in [-0.1, -0.05) is 30.3 Å². The summed E-state index contributed by atoms with van der Waals surface area (Å²) in [6, 6.07) is 11.7. The number of ether oxygens (including phenoxy) is 1. The summed E-state index contributed by atoms with van der Waals surface area (Å²) in [4.78, 5) is 14.8. The number of amides is 1. The standard InChI is InChI=1S/C20H20FNO2/c1-13-12-20(2,3)22(18-14(13)9-7-11-17(18)24-4)19(23)15-8-5-6-10-16(15)21/h5-12H,1-4H3. The van der Waals surface area contributed by atoms with Crippen LogP contribution in [0.2, 0.25) is 0 Å². The van der Waals surface area contributed by atoms with Crippen LogP contribution in [-0.2, 0) is 0 Å². The minimum atomic E-state index is -0.606. The topological polar surface area (TPSA) is 29.5 Å². The van der Waals surface area contributed by atoms with Crippen molar-refractivity contribution < 1.29 is 13.9 Å². The number of hydrogen-bond donors (Lipinski definition) is 0. The van der Waals surface area contributed by atoms with Gasteiger partial charge in [0.2, 0.25) is 0 Å². The molecule has 0 radical (unpaired) electrons. The van der Waals surface area contributed by atoms with E-state index >= 15 is 0 Å². The third-order valence-corrected chi connectivity index (χ3v) is 4.32. The number of rotatable bonds is 2. The molecule has 3 nitrogen and oxygen atoms in total. The highest BCUT2D eigenvalue weighted by Gasteiger charge is 2.38. The normalized spacial score (nSPS) is 15.5. The molecule has 0 N–H and O–H groups in total. The lowest BCUT2D eigenvalue weighted by Crippen LogP contribution is -2.49. The predicted molar refractivity (Wildman–Crippen MR) is 93.9 cm³/mol. The molecule has 0 atom stereocenters. The minimum Gasteiger partial charge on any atom is -0.495 e. The number of methoxy groups -OCH3 is 1. The fraction of sp³-hybridized carbons (Fsp3) is 0.250. The summed E-state index contributed by atoms with van der Waals surface area (Å²) in [6.45, 7) is 5.88. The molecule has 124 valence electrons. The first-order chi connectivity index (χ1) is 11.4. The number of allylic oxidation sites excluding steroid dienone is 1. The number of halogens is 1. The van der Waals surface area contributed by atoms with E-state index in [0.717, 1.165) is 11.1 Å². The molecule has 1 aliphatic rings. The summed E-state index contributed by atoms with van der Waals surface area (Å²) < 4.78 is 19.7. The van der Waals surface area contributed by atoms with Gasteiger partial charge in [-0.05, 0) is 44.5 Å². The first kappa shape index (κ1) is 16.2. The highest BCUT2D eigenvalue weighted by molar-refractivity contribution is 6.11. The number of carbonyl (C=O) groups excluding carboxylic acids is 1. The van der Waals surface area contributed by atoms with Gasteiger partial charge < -0.3 is 4.74 Å². The molecular weight excluding hydrogens is 305 g/mol. The second kappa shape index (κ2) is 5.78. The molecule has 0 unspecified atom stereocenters. The minimum absolute atomic E-state index is 0.0513. The molecule has 2 aromatic carbocycles. The van der Waals surface area contributed by atoms with Crippen LogP contribution >= 0.6 is 0 Å². The molecule has 0 aromatic heterocycles. The zero-order chi connectivity index (χ0) is 17.5. The van der Waals surface area contributed by atoms with Gasteiger partial charge in [0.1, 0.15) is 11.6 Å². The number of para-hydroxylation sites is 1. The largest absolute Gasteiger partial charge is 0.495 e. The van der Waals surface area contributed by atoms with E-state index in [-0.39, 0.29) is 11.5 Å². The Balaban J connectivity index is 2.24. The molecule has 0 bridgehead atoms. The van der Waals surface area contributed by atoms with Crippen molar-refractivity contribution in [3.8, 4) is 5.75 Å². The fourth-order valence-corrected chi connectivity index (χ4v) is 3.31. The third-order valence-electron chi connectivity index (χ3n) is 4.32. The van der Waals surface area contributed by atoms with Gasteiger partial charge in [-0.3, -0.25) is 9.69 Å². The average Bonchev–Trinajstić information content (AvgIpc) is 2.53. The van der Waals surface area contributed by atoms with Gasteiger partial charge in [0, 0.05) is 5.56 Å². The van der Waals surface area contributed by atoms with E-state index < -0.39 is 11.4 Å². The molecule has 0 fully saturated rings. The molecule has 2 aromatic rings.